The first-order chi connectivity index (χ1) is 7.42. The molecule has 1 aliphatic carbocycles. The zero-order valence-electron chi connectivity index (χ0n) is 8.77. The van der Waals surface area contributed by atoms with Crippen molar-refractivity contribution in [3.05, 3.63) is 0 Å². The van der Waals surface area contributed by atoms with Crippen LogP contribution in [-0.4, -0.2) is 31.8 Å². The van der Waals surface area contributed by atoms with Crippen LogP contribution in [0, 0.1) is 16.7 Å². The molecule has 0 atom stereocenters. The van der Waals surface area contributed by atoms with Crippen LogP contribution in [0.2, 0.25) is 0 Å². The highest BCUT2D eigenvalue weighted by Gasteiger charge is 2.41. The standard InChI is InChI=1S/C9H14N2O4S/c10-5-6-16(14,15)11-7-9(8(12)13)3-1-2-4-9/h11H,1-4,6-7H2,(H,12,13). The molecule has 1 rings (SSSR count). The highest BCUT2D eigenvalue weighted by molar-refractivity contribution is 7.89. The Morgan fingerprint density at radius 3 is 2.44 bits per heavy atom. The van der Waals surface area contributed by atoms with Crippen molar-refractivity contribution < 1.29 is 18.3 Å². The molecule has 0 amide bonds. The van der Waals surface area contributed by atoms with Crippen LogP contribution in [0.3, 0.4) is 0 Å². The minimum absolute atomic E-state index is 0.119. The number of hydrogen-bond donors (Lipinski definition) is 2. The first kappa shape index (κ1) is 12.9. The van der Waals surface area contributed by atoms with Crippen molar-refractivity contribution in [1.29, 1.82) is 5.26 Å². The molecule has 0 bridgehead atoms. The Bertz CT molecular complexity index is 404. The van der Waals surface area contributed by atoms with Crippen LogP contribution < -0.4 is 4.72 Å². The van der Waals surface area contributed by atoms with E-state index < -0.39 is 27.2 Å². The van der Waals surface area contributed by atoms with Crippen LogP contribution in [0.15, 0.2) is 0 Å². The Balaban J connectivity index is 2.66. The van der Waals surface area contributed by atoms with Gasteiger partial charge in [0, 0.05) is 6.54 Å². The molecule has 0 radical (unpaired) electrons. The third-order valence-corrected chi connectivity index (χ3v) is 3.99. The van der Waals surface area contributed by atoms with Crippen molar-refractivity contribution in [3.63, 3.8) is 0 Å². The van der Waals surface area contributed by atoms with E-state index in [-0.39, 0.29) is 6.54 Å². The van der Waals surface area contributed by atoms with Crippen LogP contribution in [0.1, 0.15) is 25.7 Å². The van der Waals surface area contributed by atoms with Gasteiger partial charge in [-0.05, 0) is 12.8 Å². The highest BCUT2D eigenvalue weighted by Crippen LogP contribution is 2.37. The predicted molar refractivity (Wildman–Crippen MR) is 55.9 cm³/mol. The van der Waals surface area contributed by atoms with Crippen LogP contribution in [0.5, 0.6) is 0 Å². The number of rotatable bonds is 5. The molecule has 6 nitrogen and oxygen atoms in total. The second-order valence-corrected chi connectivity index (χ2v) is 5.84. The maximum atomic E-state index is 11.2. The van der Waals surface area contributed by atoms with Crippen LogP contribution in [-0.2, 0) is 14.8 Å². The van der Waals surface area contributed by atoms with E-state index in [0.717, 1.165) is 12.8 Å². The summed E-state index contributed by atoms with van der Waals surface area (Å²) in [7, 11) is -3.67. The van der Waals surface area contributed by atoms with Crippen molar-refractivity contribution in [2.24, 2.45) is 5.41 Å². The maximum absolute atomic E-state index is 11.2. The van der Waals surface area contributed by atoms with Gasteiger partial charge in [-0.15, -0.1) is 0 Å². The summed E-state index contributed by atoms with van der Waals surface area (Å²) in [6.07, 6.45) is 2.56. The topological polar surface area (TPSA) is 107 Å². The molecule has 0 heterocycles. The van der Waals surface area contributed by atoms with Crippen molar-refractivity contribution in [1.82, 2.24) is 4.72 Å². The van der Waals surface area contributed by atoms with Gasteiger partial charge in [0.2, 0.25) is 10.0 Å². The number of hydrogen-bond acceptors (Lipinski definition) is 4. The molecule has 1 aliphatic rings. The lowest BCUT2D eigenvalue weighted by Crippen LogP contribution is -2.41. The van der Waals surface area contributed by atoms with E-state index >= 15 is 0 Å². The molecule has 7 heteroatoms. The average molecular weight is 246 g/mol. The third kappa shape index (κ3) is 2.93. The van der Waals surface area contributed by atoms with Gasteiger partial charge < -0.3 is 5.11 Å². The number of carboxylic acid groups (broad SMARTS) is 1. The van der Waals surface area contributed by atoms with Gasteiger partial charge in [-0.2, -0.15) is 5.26 Å². The first-order valence-electron chi connectivity index (χ1n) is 5.00. The second-order valence-electron chi connectivity index (χ2n) is 4.03. The van der Waals surface area contributed by atoms with E-state index in [2.05, 4.69) is 4.72 Å². The summed E-state index contributed by atoms with van der Waals surface area (Å²) < 4.78 is 24.6. The number of nitriles is 1. The summed E-state index contributed by atoms with van der Waals surface area (Å²) in [5.41, 5.74) is -0.984. The van der Waals surface area contributed by atoms with Crippen LogP contribution in [0.25, 0.3) is 0 Å². The number of aliphatic carboxylic acids is 1. The Morgan fingerprint density at radius 2 is 2.00 bits per heavy atom. The predicted octanol–water partition coefficient (Wildman–Crippen LogP) is 0.0744. The zero-order valence-corrected chi connectivity index (χ0v) is 9.59. The van der Waals surface area contributed by atoms with E-state index in [1.165, 1.54) is 6.07 Å². The van der Waals surface area contributed by atoms with Crippen LogP contribution >= 0.6 is 0 Å². The summed E-state index contributed by atoms with van der Waals surface area (Å²) in [5.74, 6) is -1.60. The second kappa shape index (κ2) is 4.80. The Kier molecular flexibility index (Phi) is 3.88. The quantitative estimate of drug-likeness (QED) is 0.714. The largest absolute Gasteiger partial charge is 0.481 e. The molecule has 0 unspecified atom stereocenters. The summed E-state index contributed by atoms with van der Waals surface area (Å²) in [5, 5.41) is 17.4. The van der Waals surface area contributed by atoms with E-state index in [4.69, 9.17) is 10.4 Å². The minimum atomic E-state index is -3.67. The van der Waals surface area contributed by atoms with Crippen molar-refractivity contribution in [2.75, 3.05) is 12.3 Å². The lowest BCUT2D eigenvalue weighted by Gasteiger charge is -2.23. The zero-order chi connectivity index (χ0) is 12.2. The lowest BCUT2D eigenvalue weighted by atomic mass is 9.87. The number of carboxylic acids is 1. The molecule has 16 heavy (non-hydrogen) atoms. The Morgan fingerprint density at radius 1 is 1.44 bits per heavy atom. The summed E-state index contributed by atoms with van der Waals surface area (Å²) in [6.45, 7) is -0.119. The number of carbonyl (C=O) groups is 1. The van der Waals surface area contributed by atoms with Gasteiger partial charge in [0.15, 0.2) is 5.75 Å². The minimum Gasteiger partial charge on any atom is -0.481 e. The summed E-state index contributed by atoms with van der Waals surface area (Å²) >= 11 is 0. The third-order valence-electron chi connectivity index (χ3n) is 2.90. The molecule has 0 aliphatic heterocycles. The molecule has 0 saturated heterocycles. The van der Waals surface area contributed by atoms with Gasteiger partial charge in [0.25, 0.3) is 0 Å². The van der Waals surface area contributed by atoms with E-state index in [1.54, 1.807) is 0 Å². The van der Waals surface area contributed by atoms with E-state index in [1.807, 2.05) is 0 Å². The van der Waals surface area contributed by atoms with E-state index in [9.17, 15) is 13.2 Å². The van der Waals surface area contributed by atoms with Crippen molar-refractivity contribution in [3.8, 4) is 6.07 Å². The molecule has 1 fully saturated rings. The van der Waals surface area contributed by atoms with Gasteiger partial charge >= 0.3 is 5.97 Å². The lowest BCUT2D eigenvalue weighted by molar-refractivity contribution is -0.148. The fraction of sp³-hybridized carbons (Fsp3) is 0.778. The fourth-order valence-electron chi connectivity index (χ4n) is 1.90. The first-order valence-corrected chi connectivity index (χ1v) is 6.65. The van der Waals surface area contributed by atoms with E-state index in [0.29, 0.717) is 12.8 Å². The van der Waals surface area contributed by atoms with Crippen molar-refractivity contribution >= 4 is 16.0 Å². The van der Waals surface area contributed by atoms with Gasteiger partial charge in [0.1, 0.15) is 0 Å². The van der Waals surface area contributed by atoms with Crippen molar-refractivity contribution in [2.45, 2.75) is 25.7 Å². The molecule has 0 spiro atoms. The molecular weight excluding hydrogens is 232 g/mol. The van der Waals surface area contributed by atoms with Crippen LogP contribution in [0.4, 0.5) is 0 Å². The fourth-order valence-corrected chi connectivity index (χ4v) is 2.67. The Labute approximate surface area is 94.3 Å². The van der Waals surface area contributed by atoms with Gasteiger partial charge in [-0.25, -0.2) is 13.1 Å². The monoisotopic (exact) mass is 246 g/mol. The van der Waals surface area contributed by atoms with Gasteiger partial charge in [0.05, 0.1) is 11.5 Å². The normalized spacial score (nSPS) is 19.2. The molecule has 0 aromatic heterocycles. The number of sulfonamides is 1. The summed E-state index contributed by atoms with van der Waals surface area (Å²) in [6, 6.07) is 1.53. The molecule has 2 N–H and O–H groups in total. The molecule has 90 valence electrons. The maximum Gasteiger partial charge on any atom is 0.310 e. The number of nitrogens with zero attached hydrogens (tertiary/aromatic N) is 1. The molecule has 0 aromatic rings. The Hall–Kier alpha value is -1.13. The SMILES string of the molecule is N#CCS(=O)(=O)NCC1(C(=O)O)CCCC1. The molecule has 1 saturated carbocycles. The smallest absolute Gasteiger partial charge is 0.310 e. The highest BCUT2D eigenvalue weighted by atomic mass is 32.2. The average Bonchev–Trinajstić information content (AvgIpc) is 2.64. The molecule has 0 aromatic carbocycles. The summed E-state index contributed by atoms with van der Waals surface area (Å²) in [4.78, 5) is 11.1. The number of nitrogens with one attached hydrogen (secondary N) is 1. The van der Waals surface area contributed by atoms with Gasteiger partial charge in [-0.1, -0.05) is 12.8 Å². The molecular formula is C9H14N2O4S. The van der Waals surface area contributed by atoms with Gasteiger partial charge in [-0.3, -0.25) is 4.79 Å².